The molecule has 6 heteroatoms. The number of rotatable bonds is 21. The van der Waals surface area contributed by atoms with Gasteiger partial charge in [-0.2, -0.15) is 0 Å². The number of allylic oxidation sites excluding steroid dienone is 3. The normalized spacial score (nSPS) is 14.9. The molecule has 2 atom stereocenters. The lowest BCUT2D eigenvalue weighted by Gasteiger charge is -2.20. The summed E-state index contributed by atoms with van der Waals surface area (Å²) in [5, 5.41) is 15.4. The number of hydrogen-bond acceptors (Lipinski definition) is 4. The van der Waals surface area contributed by atoms with Gasteiger partial charge in [-0.05, 0) is 142 Å². The van der Waals surface area contributed by atoms with Gasteiger partial charge in [0.2, 0.25) is 0 Å². The van der Waals surface area contributed by atoms with E-state index in [0.29, 0.717) is 0 Å². The molecule has 2 aliphatic rings. The molecule has 3 N–H and O–H groups in total. The molecule has 302 valence electrons. The van der Waals surface area contributed by atoms with Crippen LogP contribution in [0.15, 0.2) is 98.9 Å². The Morgan fingerprint density at radius 1 is 0.966 bits per heavy atom. The average Bonchev–Trinajstić information content (AvgIpc) is 4.00. The highest BCUT2D eigenvalue weighted by atomic mass is 15.1. The fraction of sp³-hybridized carbons (Fsp3) is 0.365. The largest absolute Gasteiger partial charge is 0.389 e. The second kappa shape index (κ2) is 18.4. The molecule has 0 fully saturated rings. The van der Waals surface area contributed by atoms with Crippen molar-refractivity contribution in [3.63, 3.8) is 0 Å². The maximum Gasteiger partial charge on any atom is 0.109 e. The lowest BCUT2D eigenvalue weighted by molar-refractivity contribution is 0.547. The van der Waals surface area contributed by atoms with E-state index in [1.807, 2.05) is 12.2 Å². The summed E-state index contributed by atoms with van der Waals surface area (Å²) < 4.78 is 4.55. The minimum absolute atomic E-state index is 0.148. The topological polar surface area (TPSA) is 58.8 Å². The molecule has 6 nitrogen and oxygen atoms in total. The van der Waals surface area contributed by atoms with Gasteiger partial charge >= 0.3 is 0 Å². The Morgan fingerprint density at radius 2 is 1.81 bits per heavy atom. The number of aryl methyl sites for hydroxylation is 5. The first kappa shape index (κ1) is 40.7. The first-order chi connectivity index (χ1) is 28.2. The summed E-state index contributed by atoms with van der Waals surface area (Å²) in [7, 11) is 0. The standard InChI is InChI=1S/C52H64N6/c1-9-11-20-45(10-2)58-39(7)46-21-16-22-49(52(46)40(58)8)54-29-14-12-18-36(4)53-28-15-13-19-42-32-44(31-35(3)37(42)5)38(6)55-48-27-26-41-24-25-43(33-47(41)48)50-34-57-30-17-23-51(57)56-50/h9-10,16,21-22,24-25,31-34,45,48,53-55H,1-2,4,6-8,11-15,17-20,23,26-30H2,3,5H3. The second-order valence-corrected chi connectivity index (χ2v) is 16.6. The monoisotopic (exact) mass is 773 g/mol. The van der Waals surface area contributed by atoms with Crippen LogP contribution >= 0.6 is 0 Å². The van der Waals surface area contributed by atoms with Gasteiger partial charge in [-0.15, -0.1) is 13.2 Å². The van der Waals surface area contributed by atoms with Crippen molar-refractivity contribution in [2.24, 2.45) is 0 Å². The van der Waals surface area contributed by atoms with Crippen molar-refractivity contribution in [2.45, 2.75) is 110 Å². The molecule has 5 aromatic rings. The van der Waals surface area contributed by atoms with E-state index in [1.54, 1.807) is 0 Å². The average molecular weight is 773 g/mol. The molecule has 1 aliphatic carbocycles. The number of nitrogens with one attached hydrogen (secondary N) is 3. The maximum atomic E-state index is 4.95. The van der Waals surface area contributed by atoms with Crippen LogP contribution in [-0.2, 0) is 25.8 Å². The molecule has 3 heterocycles. The minimum Gasteiger partial charge on any atom is -0.389 e. The van der Waals surface area contributed by atoms with Crippen LogP contribution in [0, 0.1) is 13.8 Å². The molecule has 0 amide bonds. The van der Waals surface area contributed by atoms with E-state index in [4.69, 9.17) is 4.98 Å². The van der Waals surface area contributed by atoms with Crippen molar-refractivity contribution in [3.8, 4) is 11.3 Å². The smallest absolute Gasteiger partial charge is 0.109 e. The molecule has 0 spiro atoms. The number of anilines is 1. The Labute approximate surface area is 346 Å². The quantitative estimate of drug-likeness (QED) is 0.0514. The third-order valence-corrected chi connectivity index (χ3v) is 12.6. The maximum absolute atomic E-state index is 4.95. The summed E-state index contributed by atoms with van der Waals surface area (Å²) >= 11 is 0. The Kier molecular flexibility index (Phi) is 12.9. The SMILES string of the molecule is C=CCCC(C=C)n1c(=C)c2cccc(NCCCCC(=C)NCCCCc3cc(C(=C)NC4CCc5ccc(-c6cn7c(n6)CCC7)cc54)cc(C)c3C)c2c1=C. The van der Waals surface area contributed by atoms with E-state index < -0.39 is 0 Å². The number of nitrogens with zero attached hydrogens (tertiary/aromatic N) is 3. The highest BCUT2D eigenvalue weighted by Crippen LogP contribution is 2.36. The molecule has 1 aliphatic heterocycles. The van der Waals surface area contributed by atoms with E-state index in [9.17, 15) is 0 Å². The number of aromatic nitrogens is 3. The molecule has 0 bridgehead atoms. The van der Waals surface area contributed by atoms with Crippen LogP contribution < -0.4 is 26.6 Å². The Bertz CT molecular complexity index is 2400. The third kappa shape index (κ3) is 8.82. The zero-order valence-electron chi connectivity index (χ0n) is 35.2. The second-order valence-electron chi connectivity index (χ2n) is 16.6. The number of benzene rings is 3. The van der Waals surface area contributed by atoms with Gasteiger partial charge in [-0.1, -0.05) is 62.7 Å². The predicted molar refractivity (Wildman–Crippen MR) is 248 cm³/mol. The molecule has 7 rings (SSSR count). The lowest BCUT2D eigenvalue weighted by Crippen LogP contribution is -2.28. The summed E-state index contributed by atoms with van der Waals surface area (Å²) in [6.45, 7) is 33.2. The third-order valence-electron chi connectivity index (χ3n) is 12.6. The fourth-order valence-corrected chi connectivity index (χ4v) is 9.15. The van der Waals surface area contributed by atoms with Crippen LogP contribution in [0.1, 0.15) is 109 Å². The van der Waals surface area contributed by atoms with Crippen LogP contribution in [0.5, 0.6) is 0 Å². The molecule has 58 heavy (non-hydrogen) atoms. The van der Waals surface area contributed by atoms with Crippen molar-refractivity contribution in [1.29, 1.82) is 0 Å². The number of fused-ring (bicyclic) bond motifs is 3. The van der Waals surface area contributed by atoms with E-state index in [1.165, 1.54) is 51.2 Å². The molecular formula is C52H64N6. The van der Waals surface area contributed by atoms with Crippen LogP contribution in [0.4, 0.5) is 5.69 Å². The van der Waals surface area contributed by atoms with E-state index in [2.05, 4.69) is 133 Å². The lowest BCUT2D eigenvalue weighted by atomic mass is 9.94. The number of unbranched alkanes of at least 4 members (excludes halogenated alkanes) is 2. The van der Waals surface area contributed by atoms with Crippen molar-refractivity contribution in [1.82, 2.24) is 24.8 Å². The van der Waals surface area contributed by atoms with Gasteiger partial charge in [0.15, 0.2) is 0 Å². The molecule has 0 saturated carbocycles. The summed E-state index contributed by atoms with van der Waals surface area (Å²) in [5.41, 5.74) is 13.7. The van der Waals surface area contributed by atoms with Gasteiger partial charge in [0, 0.05) is 76.4 Å². The van der Waals surface area contributed by atoms with Crippen molar-refractivity contribution >= 4 is 35.3 Å². The fourth-order valence-electron chi connectivity index (χ4n) is 9.15. The molecule has 2 aromatic heterocycles. The van der Waals surface area contributed by atoms with Gasteiger partial charge in [0.1, 0.15) is 5.82 Å². The van der Waals surface area contributed by atoms with E-state index in [-0.39, 0.29) is 12.1 Å². The Balaban J connectivity index is 0.844. The van der Waals surface area contributed by atoms with Crippen molar-refractivity contribution in [2.75, 3.05) is 18.4 Å². The van der Waals surface area contributed by atoms with Gasteiger partial charge in [0.05, 0.1) is 17.8 Å². The van der Waals surface area contributed by atoms with Crippen molar-refractivity contribution in [3.05, 3.63) is 149 Å². The Morgan fingerprint density at radius 3 is 2.62 bits per heavy atom. The molecular weight excluding hydrogens is 709 g/mol. The zero-order chi connectivity index (χ0) is 40.8. The van der Waals surface area contributed by atoms with Gasteiger partial charge in [0.25, 0.3) is 0 Å². The first-order valence-electron chi connectivity index (χ1n) is 21.6. The zero-order valence-corrected chi connectivity index (χ0v) is 35.2. The summed E-state index contributed by atoms with van der Waals surface area (Å²) in [6.07, 6.45) is 18.9. The molecule has 0 radical (unpaired) electrons. The minimum atomic E-state index is 0.148. The highest BCUT2D eigenvalue weighted by Gasteiger charge is 2.25. The highest BCUT2D eigenvalue weighted by molar-refractivity contribution is 5.94. The predicted octanol–water partition coefficient (Wildman–Crippen LogP) is 10.5. The van der Waals surface area contributed by atoms with E-state index >= 15 is 0 Å². The first-order valence-corrected chi connectivity index (χ1v) is 21.6. The molecule has 0 saturated heterocycles. The summed E-state index contributed by atoms with van der Waals surface area (Å²) in [4.78, 5) is 4.95. The van der Waals surface area contributed by atoms with Gasteiger partial charge < -0.3 is 25.1 Å². The van der Waals surface area contributed by atoms with Crippen LogP contribution in [0.25, 0.3) is 40.9 Å². The Hall–Kier alpha value is -5.49. The number of hydrogen-bond donors (Lipinski definition) is 3. The van der Waals surface area contributed by atoms with Crippen molar-refractivity contribution < 1.29 is 0 Å². The van der Waals surface area contributed by atoms with Gasteiger partial charge in [-0.3, -0.25) is 0 Å². The van der Waals surface area contributed by atoms with Gasteiger partial charge in [-0.25, -0.2) is 4.98 Å². The van der Waals surface area contributed by atoms with Crippen LogP contribution in [0.3, 0.4) is 0 Å². The molecule has 2 unspecified atom stereocenters. The molecule has 3 aromatic carbocycles. The van der Waals surface area contributed by atoms with Crippen LogP contribution in [-0.4, -0.2) is 27.2 Å². The van der Waals surface area contributed by atoms with Crippen LogP contribution in [0.2, 0.25) is 0 Å². The summed E-state index contributed by atoms with van der Waals surface area (Å²) in [6, 6.07) is 18.4. The number of imidazole rings is 1. The summed E-state index contributed by atoms with van der Waals surface area (Å²) in [5.74, 6) is 1.22. The van der Waals surface area contributed by atoms with E-state index in [0.717, 1.165) is 135 Å².